The highest BCUT2D eigenvalue weighted by atomic mass is 32.1. The summed E-state index contributed by atoms with van der Waals surface area (Å²) in [4.78, 5) is 44.5. The van der Waals surface area contributed by atoms with Gasteiger partial charge in [0.05, 0.1) is 5.39 Å². The summed E-state index contributed by atoms with van der Waals surface area (Å²) in [6.45, 7) is 5.87. The van der Waals surface area contributed by atoms with Gasteiger partial charge in [-0.1, -0.05) is 6.42 Å². The van der Waals surface area contributed by atoms with Gasteiger partial charge in [-0.2, -0.15) is 0 Å². The van der Waals surface area contributed by atoms with E-state index in [1.54, 1.807) is 18.5 Å². The molecule has 0 N–H and O–H groups in total. The largest absolute Gasteiger partial charge is 0.451 e. The van der Waals surface area contributed by atoms with E-state index in [0.717, 1.165) is 31.5 Å². The van der Waals surface area contributed by atoms with Gasteiger partial charge in [-0.05, 0) is 39.2 Å². The van der Waals surface area contributed by atoms with E-state index in [1.807, 2.05) is 13.8 Å². The quantitative estimate of drug-likeness (QED) is 0.748. The summed E-state index contributed by atoms with van der Waals surface area (Å²) in [5.74, 6) is -0.0532. The van der Waals surface area contributed by atoms with Gasteiger partial charge in [-0.25, -0.2) is 9.78 Å². The summed E-state index contributed by atoms with van der Waals surface area (Å²) < 4.78 is 6.94. The minimum Gasteiger partial charge on any atom is -0.451 e. The molecular weight excluding hydrogens is 366 g/mol. The molecule has 0 spiro atoms. The second-order valence-corrected chi connectivity index (χ2v) is 8.21. The zero-order chi connectivity index (χ0) is 19.7. The van der Waals surface area contributed by atoms with E-state index < -0.39 is 5.97 Å². The molecule has 27 heavy (non-hydrogen) atoms. The topological polar surface area (TPSA) is 81.5 Å². The van der Waals surface area contributed by atoms with Crippen LogP contribution in [-0.4, -0.2) is 46.0 Å². The van der Waals surface area contributed by atoms with Crippen molar-refractivity contribution >= 4 is 33.4 Å². The van der Waals surface area contributed by atoms with Crippen LogP contribution in [0, 0.1) is 6.92 Å². The Labute approximate surface area is 161 Å². The number of thiophene rings is 1. The van der Waals surface area contributed by atoms with Crippen LogP contribution in [0.2, 0.25) is 0 Å². The van der Waals surface area contributed by atoms with Crippen LogP contribution in [0.25, 0.3) is 10.2 Å². The first-order chi connectivity index (χ1) is 12.8. The van der Waals surface area contributed by atoms with Gasteiger partial charge in [-0.15, -0.1) is 11.3 Å². The number of aromatic nitrogens is 2. The average molecular weight is 391 g/mol. The first-order valence-corrected chi connectivity index (χ1v) is 10.1. The highest BCUT2D eigenvalue weighted by molar-refractivity contribution is 7.20. The number of ether oxygens (including phenoxy) is 1. The molecule has 2 aromatic heterocycles. The van der Waals surface area contributed by atoms with E-state index in [0.29, 0.717) is 27.2 Å². The summed E-state index contributed by atoms with van der Waals surface area (Å²) in [6.07, 6.45) is 3.84. The van der Waals surface area contributed by atoms with E-state index >= 15 is 0 Å². The molecule has 0 radical (unpaired) electrons. The van der Waals surface area contributed by atoms with Crippen molar-refractivity contribution < 1.29 is 14.3 Å². The van der Waals surface area contributed by atoms with Gasteiger partial charge in [0, 0.05) is 26.1 Å². The molecule has 0 atom stereocenters. The number of nitrogens with zero attached hydrogens (tertiary/aromatic N) is 3. The van der Waals surface area contributed by atoms with Gasteiger partial charge in [-0.3, -0.25) is 14.2 Å². The number of hydrogen-bond donors (Lipinski definition) is 0. The number of esters is 1. The number of carbonyl (C=O) groups excluding carboxylic acids is 2. The Morgan fingerprint density at radius 2 is 2.04 bits per heavy atom. The molecular formula is C19H25N3O4S. The fraction of sp³-hybridized carbons (Fsp3) is 0.579. The number of amides is 1. The molecule has 8 heteroatoms. The fourth-order valence-electron chi connectivity index (χ4n) is 3.19. The van der Waals surface area contributed by atoms with Crippen molar-refractivity contribution in [2.75, 3.05) is 13.7 Å². The van der Waals surface area contributed by atoms with Gasteiger partial charge in [0.1, 0.15) is 15.5 Å². The van der Waals surface area contributed by atoms with Crippen molar-refractivity contribution in [1.29, 1.82) is 0 Å². The number of rotatable bonds is 4. The molecule has 0 saturated heterocycles. The lowest BCUT2D eigenvalue weighted by Crippen LogP contribution is -2.36. The molecule has 0 bridgehead atoms. The second-order valence-electron chi connectivity index (χ2n) is 7.21. The van der Waals surface area contributed by atoms with Crippen LogP contribution in [0.4, 0.5) is 0 Å². The van der Waals surface area contributed by atoms with Crippen molar-refractivity contribution in [3.63, 3.8) is 0 Å². The Hall–Kier alpha value is -2.22. The zero-order valence-corrected chi connectivity index (χ0v) is 17.0. The molecule has 0 saturated carbocycles. The predicted molar refractivity (Wildman–Crippen MR) is 104 cm³/mol. The SMILES string of the molecule is Cc1c(C(=O)OCC(=O)N(C)C(C)C)sc2nc3n(c(=O)c12)CCCCC3. The lowest BCUT2D eigenvalue weighted by atomic mass is 10.2. The summed E-state index contributed by atoms with van der Waals surface area (Å²) in [7, 11) is 1.67. The summed E-state index contributed by atoms with van der Waals surface area (Å²) in [6, 6.07) is 0.0295. The lowest BCUT2D eigenvalue weighted by Gasteiger charge is -2.20. The van der Waals surface area contributed by atoms with Crippen LogP contribution in [0.1, 0.15) is 54.2 Å². The molecule has 3 rings (SSSR count). The fourth-order valence-corrected chi connectivity index (χ4v) is 4.27. The van der Waals surface area contributed by atoms with Gasteiger partial charge in [0.15, 0.2) is 6.61 Å². The molecule has 3 heterocycles. The summed E-state index contributed by atoms with van der Waals surface area (Å²) in [5.41, 5.74) is 0.502. The van der Waals surface area contributed by atoms with E-state index in [1.165, 1.54) is 16.2 Å². The van der Waals surface area contributed by atoms with Crippen molar-refractivity contribution in [2.45, 2.75) is 59.0 Å². The normalized spacial score (nSPS) is 14.1. The van der Waals surface area contributed by atoms with Crippen LogP contribution in [0.15, 0.2) is 4.79 Å². The Morgan fingerprint density at radius 1 is 1.30 bits per heavy atom. The zero-order valence-electron chi connectivity index (χ0n) is 16.2. The first kappa shape index (κ1) is 19.5. The van der Waals surface area contributed by atoms with Crippen LogP contribution < -0.4 is 5.56 Å². The van der Waals surface area contributed by atoms with Crippen LogP contribution in [0.5, 0.6) is 0 Å². The number of hydrogen-bond acceptors (Lipinski definition) is 6. The summed E-state index contributed by atoms with van der Waals surface area (Å²) in [5, 5.41) is 0.489. The molecule has 0 unspecified atom stereocenters. The Balaban J connectivity index is 1.89. The van der Waals surface area contributed by atoms with Crippen LogP contribution in [0.3, 0.4) is 0 Å². The van der Waals surface area contributed by atoms with Crippen molar-refractivity contribution in [1.82, 2.24) is 14.5 Å². The molecule has 1 aliphatic heterocycles. The minimum atomic E-state index is -0.583. The molecule has 1 aliphatic rings. The van der Waals surface area contributed by atoms with E-state index in [-0.39, 0.29) is 24.1 Å². The molecule has 7 nitrogen and oxygen atoms in total. The lowest BCUT2D eigenvalue weighted by molar-refractivity contribution is -0.134. The van der Waals surface area contributed by atoms with Crippen LogP contribution in [-0.2, 0) is 22.5 Å². The molecule has 0 aromatic carbocycles. The van der Waals surface area contributed by atoms with Gasteiger partial charge in [0.25, 0.3) is 11.5 Å². The maximum atomic E-state index is 12.9. The second kappa shape index (κ2) is 7.80. The maximum Gasteiger partial charge on any atom is 0.349 e. The van der Waals surface area contributed by atoms with E-state index in [2.05, 4.69) is 4.98 Å². The third-order valence-corrected chi connectivity index (χ3v) is 6.26. The Bertz CT molecular complexity index is 945. The molecule has 0 fully saturated rings. The van der Waals surface area contributed by atoms with E-state index in [9.17, 15) is 14.4 Å². The third-order valence-electron chi connectivity index (χ3n) is 5.09. The number of aryl methyl sites for hydroxylation is 2. The third kappa shape index (κ3) is 3.76. The number of likely N-dealkylation sites (N-methyl/N-ethyl adjacent to an activating group) is 1. The van der Waals surface area contributed by atoms with Gasteiger partial charge >= 0.3 is 5.97 Å². The minimum absolute atomic E-state index is 0.0295. The predicted octanol–water partition coefficient (Wildman–Crippen LogP) is 2.52. The molecule has 146 valence electrons. The molecule has 1 amide bonds. The van der Waals surface area contributed by atoms with E-state index in [4.69, 9.17) is 4.74 Å². The summed E-state index contributed by atoms with van der Waals surface area (Å²) >= 11 is 1.17. The average Bonchev–Trinajstić information content (AvgIpc) is 2.81. The van der Waals surface area contributed by atoms with Crippen molar-refractivity contribution in [3.05, 3.63) is 26.6 Å². The van der Waals surface area contributed by atoms with Crippen molar-refractivity contribution in [3.8, 4) is 0 Å². The smallest absolute Gasteiger partial charge is 0.349 e. The Kier molecular flexibility index (Phi) is 5.64. The molecule has 0 aliphatic carbocycles. The number of carbonyl (C=O) groups is 2. The van der Waals surface area contributed by atoms with Crippen molar-refractivity contribution in [2.24, 2.45) is 0 Å². The Morgan fingerprint density at radius 3 is 2.74 bits per heavy atom. The highest BCUT2D eigenvalue weighted by Crippen LogP contribution is 2.29. The maximum absolute atomic E-state index is 12.9. The highest BCUT2D eigenvalue weighted by Gasteiger charge is 2.24. The monoisotopic (exact) mass is 391 g/mol. The molecule has 2 aromatic rings. The number of fused-ring (bicyclic) bond motifs is 2. The van der Waals surface area contributed by atoms with Gasteiger partial charge < -0.3 is 9.64 Å². The van der Waals surface area contributed by atoms with Gasteiger partial charge in [0.2, 0.25) is 0 Å². The first-order valence-electron chi connectivity index (χ1n) is 9.26. The van der Waals surface area contributed by atoms with Crippen LogP contribution >= 0.6 is 11.3 Å². The standard InChI is InChI=1S/C19H25N3O4S/c1-11(2)21(4)14(23)10-26-19(25)16-12(3)15-17(27-16)20-13-8-6-5-7-9-22(13)18(15)24/h11H,5-10H2,1-4H3.